The lowest BCUT2D eigenvalue weighted by atomic mass is 10.0. The van der Waals surface area contributed by atoms with Crippen molar-refractivity contribution in [2.75, 3.05) is 5.32 Å². The van der Waals surface area contributed by atoms with Crippen LogP contribution < -0.4 is 16.4 Å². The molecule has 0 bridgehead atoms. The summed E-state index contributed by atoms with van der Waals surface area (Å²) >= 11 is 5.76. The van der Waals surface area contributed by atoms with Crippen LogP contribution in [0.4, 0.5) is 10.5 Å². The predicted octanol–water partition coefficient (Wildman–Crippen LogP) is 2.36. The molecule has 0 spiro atoms. The number of carbonyl (C=O) groups excluding carboxylic acids is 2. The zero-order valence-corrected chi connectivity index (χ0v) is 11.7. The van der Waals surface area contributed by atoms with Gasteiger partial charge in [0, 0.05) is 10.7 Å². The minimum Gasteiger partial charge on any atom is -0.352 e. The summed E-state index contributed by atoms with van der Waals surface area (Å²) in [5.41, 5.74) is 5.69. The number of halogens is 1. The number of benzene rings is 1. The van der Waals surface area contributed by atoms with E-state index < -0.39 is 12.1 Å². The molecule has 1 atom stereocenters. The van der Waals surface area contributed by atoms with Crippen LogP contribution >= 0.6 is 11.6 Å². The normalized spacial score (nSPS) is 12.0. The Morgan fingerprint density at radius 2 is 1.84 bits per heavy atom. The summed E-state index contributed by atoms with van der Waals surface area (Å²) in [5.74, 6) is -0.0392. The van der Waals surface area contributed by atoms with E-state index >= 15 is 0 Å². The van der Waals surface area contributed by atoms with Crippen LogP contribution in [0.25, 0.3) is 0 Å². The van der Waals surface area contributed by atoms with Gasteiger partial charge in [-0.15, -0.1) is 0 Å². The van der Waals surface area contributed by atoms with Crippen molar-refractivity contribution >= 4 is 29.2 Å². The molecular formula is C13H18ClN3O2. The van der Waals surface area contributed by atoms with Crippen molar-refractivity contribution in [3.05, 3.63) is 29.3 Å². The summed E-state index contributed by atoms with van der Waals surface area (Å²) in [4.78, 5) is 23.0. The Bertz CT molecular complexity index is 446. The lowest BCUT2D eigenvalue weighted by Gasteiger charge is -2.19. The van der Waals surface area contributed by atoms with Crippen molar-refractivity contribution < 1.29 is 9.59 Å². The first-order valence-electron chi connectivity index (χ1n) is 6.01. The first-order valence-corrected chi connectivity index (χ1v) is 6.38. The maximum Gasteiger partial charge on any atom is 0.312 e. The van der Waals surface area contributed by atoms with Crippen molar-refractivity contribution in [3.63, 3.8) is 0 Å². The van der Waals surface area contributed by atoms with E-state index in [2.05, 4.69) is 10.6 Å². The number of amides is 3. The predicted molar refractivity (Wildman–Crippen MR) is 76.0 cm³/mol. The third-order valence-corrected chi connectivity index (χ3v) is 2.70. The second-order valence-electron chi connectivity index (χ2n) is 4.69. The SMILES string of the molecule is CC(C)C[C@H](NC(N)=O)C(=O)Nc1ccc(Cl)cc1. The quantitative estimate of drug-likeness (QED) is 0.775. The highest BCUT2D eigenvalue weighted by Gasteiger charge is 2.20. The Hall–Kier alpha value is -1.75. The average molecular weight is 284 g/mol. The fraction of sp³-hybridized carbons (Fsp3) is 0.385. The first kappa shape index (κ1) is 15.3. The molecule has 0 fully saturated rings. The molecule has 0 aliphatic rings. The highest BCUT2D eigenvalue weighted by molar-refractivity contribution is 6.30. The molecule has 0 saturated heterocycles. The van der Waals surface area contributed by atoms with E-state index in [4.69, 9.17) is 17.3 Å². The van der Waals surface area contributed by atoms with Crippen molar-refractivity contribution in [2.24, 2.45) is 11.7 Å². The summed E-state index contributed by atoms with van der Waals surface area (Å²) in [6.45, 7) is 3.93. The fourth-order valence-electron chi connectivity index (χ4n) is 1.64. The molecular weight excluding hydrogens is 266 g/mol. The molecule has 0 aliphatic heterocycles. The summed E-state index contributed by atoms with van der Waals surface area (Å²) in [7, 11) is 0. The van der Waals surface area contributed by atoms with E-state index in [-0.39, 0.29) is 11.8 Å². The molecule has 5 nitrogen and oxygen atoms in total. The molecule has 0 saturated carbocycles. The van der Waals surface area contributed by atoms with E-state index in [1.54, 1.807) is 24.3 Å². The van der Waals surface area contributed by atoms with E-state index in [1.807, 2.05) is 13.8 Å². The van der Waals surface area contributed by atoms with Crippen LogP contribution in [0.15, 0.2) is 24.3 Å². The monoisotopic (exact) mass is 283 g/mol. The first-order chi connectivity index (χ1) is 8.88. The highest BCUT2D eigenvalue weighted by Crippen LogP contribution is 2.14. The largest absolute Gasteiger partial charge is 0.352 e. The van der Waals surface area contributed by atoms with E-state index in [1.165, 1.54) is 0 Å². The van der Waals surface area contributed by atoms with Gasteiger partial charge in [-0.25, -0.2) is 4.79 Å². The molecule has 104 valence electrons. The van der Waals surface area contributed by atoms with Crippen molar-refractivity contribution in [2.45, 2.75) is 26.3 Å². The summed E-state index contributed by atoms with van der Waals surface area (Å²) in [6.07, 6.45) is 0.516. The zero-order chi connectivity index (χ0) is 14.4. The summed E-state index contributed by atoms with van der Waals surface area (Å²) < 4.78 is 0. The number of hydrogen-bond donors (Lipinski definition) is 3. The molecule has 0 heterocycles. The van der Waals surface area contributed by atoms with Gasteiger partial charge in [0.15, 0.2) is 0 Å². The standard InChI is InChI=1S/C13H18ClN3O2/c1-8(2)7-11(17-13(15)19)12(18)16-10-5-3-9(14)4-6-10/h3-6,8,11H,7H2,1-2H3,(H,16,18)(H3,15,17,19)/t11-/m0/s1. The minimum atomic E-state index is -0.711. The molecule has 6 heteroatoms. The maximum atomic E-state index is 12.1. The smallest absolute Gasteiger partial charge is 0.312 e. The van der Waals surface area contributed by atoms with Gasteiger partial charge in [-0.2, -0.15) is 0 Å². The molecule has 0 aromatic heterocycles. The number of anilines is 1. The third kappa shape index (κ3) is 5.61. The summed E-state index contributed by atoms with van der Waals surface area (Å²) in [6, 6.07) is 5.38. The number of urea groups is 1. The Morgan fingerprint density at radius 3 is 2.32 bits per heavy atom. The number of carbonyl (C=O) groups is 2. The van der Waals surface area contributed by atoms with Gasteiger partial charge in [0.25, 0.3) is 0 Å². The third-order valence-electron chi connectivity index (χ3n) is 2.45. The molecule has 19 heavy (non-hydrogen) atoms. The Morgan fingerprint density at radius 1 is 1.26 bits per heavy atom. The molecule has 3 amide bonds. The van der Waals surface area contributed by atoms with Crippen LogP contribution in [0, 0.1) is 5.92 Å². The number of nitrogens with one attached hydrogen (secondary N) is 2. The fourth-order valence-corrected chi connectivity index (χ4v) is 1.76. The van der Waals surface area contributed by atoms with Gasteiger partial charge in [-0.05, 0) is 36.6 Å². The van der Waals surface area contributed by atoms with Gasteiger partial charge < -0.3 is 16.4 Å². The van der Waals surface area contributed by atoms with E-state index in [9.17, 15) is 9.59 Å². The molecule has 1 aromatic rings. The van der Waals surface area contributed by atoms with Crippen molar-refractivity contribution in [1.29, 1.82) is 0 Å². The lowest BCUT2D eigenvalue weighted by molar-refractivity contribution is -0.118. The van der Waals surface area contributed by atoms with Gasteiger partial charge in [0.2, 0.25) is 5.91 Å². The van der Waals surface area contributed by atoms with E-state index in [0.29, 0.717) is 17.1 Å². The molecule has 0 radical (unpaired) electrons. The molecule has 1 aromatic carbocycles. The Balaban J connectivity index is 2.70. The van der Waals surface area contributed by atoms with E-state index in [0.717, 1.165) is 0 Å². The van der Waals surface area contributed by atoms with Crippen LogP contribution in [-0.4, -0.2) is 18.0 Å². The average Bonchev–Trinajstić information content (AvgIpc) is 2.30. The second kappa shape index (κ2) is 6.99. The number of primary amides is 1. The highest BCUT2D eigenvalue weighted by atomic mass is 35.5. The number of rotatable bonds is 5. The number of hydrogen-bond acceptors (Lipinski definition) is 2. The zero-order valence-electron chi connectivity index (χ0n) is 10.9. The van der Waals surface area contributed by atoms with Crippen LogP contribution in [0.3, 0.4) is 0 Å². The second-order valence-corrected chi connectivity index (χ2v) is 5.12. The Kier molecular flexibility index (Phi) is 5.63. The van der Waals surface area contributed by atoms with Gasteiger partial charge in [0.1, 0.15) is 6.04 Å². The number of nitrogens with two attached hydrogens (primary N) is 1. The molecule has 0 aliphatic carbocycles. The van der Waals surface area contributed by atoms with Gasteiger partial charge in [0.05, 0.1) is 0 Å². The molecule has 1 rings (SSSR count). The van der Waals surface area contributed by atoms with Gasteiger partial charge in [-0.3, -0.25) is 4.79 Å². The van der Waals surface area contributed by atoms with Crippen LogP contribution in [0.5, 0.6) is 0 Å². The summed E-state index contributed by atoms with van der Waals surface area (Å²) in [5, 5.41) is 5.75. The van der Waals surface area contributed by atoms with Gasteiger partial charge in [-0.1, -0.05) is 25.4 Å². The Labute approximate surface area is 117 Å². The van der Waals surface area contributed by atoms with Crippen molar-refractivity contribution in [1.82, 2.24) is 5.32 Å². The lowest BCUT2D eigenvalue weighted by Crippen LogP contribution is -2.46. The van der Waals surface area contributed by atoms with Crippen molar-refractivity contribution in [3.8, 4) is 0 Å². The molecule has 4 N–H and O–H groups in total. The topological polar surface area (TPSA) is 84.2 Å². The van der Waals surface area contributed by atoms with Crippen LogP contribution in [0.2, 0.25) is 5.02 Å². The molecule has 0 unspecified atom stereocenters. The van der Waals surface area contributed by atoms with Gasteiger partial charge >= 0.3 is 6.03 Å². The maximum absolute atomic E-state index is 12.1. The van der Waals surface area contributed by atoms with Crippen LogP contribution in [0.1, 0.15) is 20.3 Å². The van der Waals surface area contributed by atoms with Crippen LogP contribution in [-0.2, 0) is 4.79 Å². The minimum absolute atomic E-state index is 0.257.